The molecule has 0 aromatic rings. The lowest BCUT2D eigenvalue weighted by Gasteiger charge is -2.64. The molecule has 6 N–H and O–H groups in total. The summed E-state index contributed by atoms with van der Waals surface area (Å²) in [5, 5.41) is 0. The Kier molecular flexibility index (Phi) is 18.3. The number of hydrogen-bond acceptors (Lipinski definition) is 7. The SMILES string of the molecule is CCCCCN(CCCCC)CCCC(C)C1CCC2C3C(OCCCN)CC4(C)CC(OCCCN)CCC4C3CC(OCCCN)C12C. The van der Waals surface area contributed by atoms with Crippen molar-refractivity contribution in [2.45, 2.75) is 169 Å². The number of ether oxygens (including phenoxy) is 3. The Labute approximate surface area is 309 Å². The highest BCUT2D eigenvalue weighted by atomic mass is 16.5. The van der Waals surface area contributed by atoms with E-state index >= 15 is 0 Å². The van der Waals surface area contributed by atoms with Crippen LogP contribution in [0.3, 0.4) is 0 Å². The second kappa shape index (κ2) is 21.6. The molecule has 4 rings (SSSR count). The van der Waals surface area contributed by atoms with Crippen LogP contribution in [0.5, 0.6) is 0 Å². The summed E-state index contributed by atoms with van der Waals surface area (Å²) in [5.41, 5.74) is 18.3. The van der Waals surface area contributed by atoms with Gasteiger partial charge in [-0.15, -0.1) is 0 Å². The number of fused-ring (bicyclic) bond motifs is 5. The molecule has 0 saturated heterocycles. The molecular weight excluding hydrogens is 620 g/mol. The minimum Gasteiger partial charge on any atom is -0.378 e. The van der Waals surface area contributed by atoms with Crippen molar-refractivity contribution in [2.75, 3.05) is 59.1 Å². The standard InChI is InChI=1S/C43H84N4O3/c1-6-8-10-24-47(25-11-9-7-2)26-12-16-33(3)36-19-20-38-41-35(30-40(43(36,38)5)50-29-15-23-46)37-18-17-34(48-27-13-21-44)31-42(37,4)32-39(41)49-28-14-22-45/h33-41H,6-32,44-46H2,1-5H3. The molecule has 4 aliphatic rings. The number of hydrogen-bond donors (Lipinski definition) is 3. The quantitative estimate of drug-likeness (QED) is 0.0823. The maximum absolute atomic E-state index is 7.07. The Bertz CT molecular complexity index is 915. The summed E-state index contributed by atoms with van der Waals surface area (Å²) >= 11 is 0. The third-order valence-electron chi connectivity index (χ3n) is 14.6. The first-order chi connectivity index (χ1) is 24.3. The van der Waals surface area contributed by atoms with E-state index in [1.54, 1.807) is 0 Å². The Morgan fingerprint density at radius 2 is 1.28 bits per heavy atom. The smallest absolute Gasteiger partial charge is 0.0637 e. The lowest BCUT2D eigenvalue weighted by molar-refractivity contribution is -0.221. The van der Waals surface area contributed by atoms with Crippen LogP contribution in [0.4, 0.5) is 0 Å². The van der Waals surface area contributed by atoms with E-state index in [9.17, 15) is 0 Å². The van der Waals surface area contributed by atoms with Crippen molar-refractivity contribution in [3.63, 3.8) is 0 Å². The molecule has 0 heterocycles. The second-order valence-corrected chi connectivity index (χ2v) is 17.9. The van der Waals surface area contributed by atoms with Gasteiger partial charge >= 0.3 is 0 Å². The van der Waals surface area contributed by atoms with E-state index in [-0.39, 0.29) is 10.8 Å². The van der Waals surface area contributed by atoms with Crippen LogP contribution in [0, 0.1) is 46.3 Å². The summed E-state index contributed by atoms with van der Waals surface area (Å²) in [4.78, 5) is 2.79. The summed E-state index contributed by atoms with van der Waals surface area (Å²) in [6.45, 7) is 20.8. The van der Waals surface area contributed by atoms with Gasteiger partial charge in [0.1, 0.15) is 0 Å². The largest absolute Gasteiger partial charge is 0.378 e. The Morgan fingerprint density at radius 3 is 1.92 bits per heavy atom. The molecule has 11 unspecified atom stereocenters. The molecular formula is C43H84N4O3. The van der Waals surface area contributed by atoms with Gasteiger partial charge in [-0.1, -0.05) is 60.3 Å². The molecule has 0 aromatic heterocycles. The monoisotopic (exact) mass is 705 g/mol. The van der Waals surface area contributed by atoms with Crippen LogP contribution in [0.15, 0.2) is 0 Å². The molecule has 4 fully saturated rings. The first kappa shape index (κ1) is 42.5. The average Bonchev–Trinajstić information content (AvgIpc) is 3.46. The molecule has 0 aromatic carbocycles. The summed E-state index contributed by atoms with van der Waals surface area (Å²) in [6, 6.07) is 0. The zero-order valence-corrected chi connectivity index (χ0v) is 33.7. The highest BCUT2D eigenvalue weighted by Gasteiger charge is 2.65. The van der Waals surface area contributed by atoms with E-state index in [2.05, 4.69) is 39.5 Å². The molecule has 0 bridgehead atoms. The van der Waals surface area contributed by atoms with Crippen molar-refractivity contribution >= 4 is 0 Å². The van der Waals surface area contributed by atoms with E-state index in [0.29, 0.717) is 73.5 Å². The molecule has 7 heteroatoms. The summed E-state index contributed by atoms with van der Waals surface area (Å²) < 4.78 is 20.5. The Balaban J connectivity index is 1.53. The molecule has 11 atom stereocenters. The zero-order valence-electron chi connectivity index (χ0n) is 33.7. The lowest BCUT2D eigenvalue weighted by atomic mass is 9.44. The van der Waals surface area contributed by atoms with Crippen molar-refractivity contribution in [3.8, 4) is 0 Å². The molecule has 0 aliphatic heterocycles. The van der Waals surface area contributed by atoms with Crippen molar-refractivity contribution in [1.82, 2.24) is 4.90 Å². The van der Waals surface area contributed by atoms with Gasteiger partial charge in [-0.05, 0) is 170 Å². The van der Waals surface area contributed by atoms with Gasteiger partial charge in [-0.2, -0.15) is 0 Å². The van der Waals surface area contributed by atoms with E-state index in [4.69, 9.17) is 31.4 Å². The molecule has 4 aliphatic carbocycles. The fourth-order valence-electron chi connectivity index (χ4n) is 12.1. The van der Waals surface area contributed by atoms with Gasteiger partial charge in [0.25, 0.3) is 0 Å². The van der Waals surface area contributed by atoms with Crippen LogP contribution < -0.4 is 17.2 Å². The number of rotatable bonds is 25. The van der Waals surface area contributed by atoms with E-state index < -0.39 is 0 Å². The van der Waals surface area contributed by atoms with Gasteiger partial charge < -0.3 is 36.3 Å². The van der Waals surface area contributed by atoms with E-state index in [0.717, 1.165) is 51.9 Å². The third kappa shape index (κ3) is 10.7. The van der Waals surface area contributed by atoms with Gasteiger partial charge in [-0.3, -0.25) is 0 Å². The van der Waals surface area contributed by atoms with Crippen LogP contribution in [-0.2, 0) is 14.2 Å². The summed E-state index contributed by atoms with van der Waals surface area (Å²) in [6.07, 6.45) is 23.1. The van der Waals surface area contributed by atoms with E-state index in [1.807, 2.05) is 0 Å². The Hall–Kier alpha value is -0.280. The van der Waals surface area contributed by atoms with Crippen LogP contribution in [-0.4, -0.2) is 82.3 Å². The van der Waals surface area contributed by atoms with E-state index in [1.165, 1.54) is 103 Å². The molecule has 0 radical (unpaired) electrons. The van der Waals surface area contributed by atoms with Crippen molar-refractivity contribution < 1.29 is 14.2 Å². The maximum Gasteiger partial charge on any atom is 0.0637 e. The minimum absolute atomic E-state index is 0.183. The minimum atomic E-state index is 0.183. The van der Waals surface area contributed by atoms with Crippen LogP contribution >= 0.6 is 0 Å². The average molecular weight is 705 g/mol. The zero-order chi connectivity index (χ0) is 36.0. The predicted octanol–water partition coefficient (Wildman–Crippen LogP) is 8.17. The summed E-state index contributed by atoms with van der Waals surface area (Å²) in [5.74, 6) is 4.05. The number of nitrogens with zero attached hydrogens (tertiary/aromatic N) is 1. The fraction of sp³-hybridized carbons (Fsp3) is 1.00. The maximum atomic E-state index is 7.07. The fourth-order valence-corrected chi connectivity index (χ4v) is 12.1. The second-order valence-electron chi connectivity index (χ2n) is 17.9. The molecule has 4 saturated carbocycles. The van der Waals surface area contributed by atoms with Gasteiger partial charge in [0.15, 0.2) is 0 Å². The molecule has 7 nitrogen and oxygen atoms in total. The van der Waals surface area contributed by atoms with Crippen molar-refractivity contribution in [3.05, 3.63) is 0 Å². The molecule has 294 valence electrons. The first-order valence-electron chi connectivity index (χ1n) is 21.9. The van der Waals surface area contributed by atoms with Gasteiger partial charge in [-0.25, -0.2) is 0 Å². The summed E-state index contributed by atoms with van der Waals surface area (Å²) in [7, 11) is 0. The normalized spacial score (nSPS) is 35.9. The molecule has 50 heavy (non-hydrogen) atoms. The van der Waals surface area contributed by atoms with Crippen molar-refractivity contribution in [1.29, 1.82) is 0 Å². The highest BCUT2D eigenvalue weighted by molar-refractivity contribution is 5.14. The predicted molar refractivity (Wildman–Crippen MR) is 210 cm³/mol. The first-order valence-corrected chi connectivity index (χ1v) is 21.9. The molecule has 0 spiro atoms. The lowest BCUT2D eigenvalue weighted by Crippen LogP contribution is -2.62. The van der Waals surface area contributed by atoms with Crippen LogP contribution in [0.2, 0.25) is 0 Å². The van der Waals surface area contributed by atoms with Crippen LogP contribution in [0.1, 0.15) is 150 Å². The number of nitrogens with two attached hydrogens (primary N) is 3. The Morgan fingerprint density at radius 1 is 0.680 bits per heavy atom. The number of unbranched alkanes of at least 4 members (excludes halogenated alkanes) is 4. The van der Waals surface area contributed by atoms with Crippen LogP contribution in [0.25, 0.3) is 0 Å². The van der Waals surface area contributed by atoms with Gasteiger partial charge in [0.05, 0.1) is 18.3 Å². The van der Waals surface area contributed by atoms with Gasteiger partial charge in [0, 0.05) is 25.2 Å². The van der Waals surface area contributed by atoms with Crippen molar-refractivity contribution in [2.24, 2.45) is 63.5 Å². The third-order valence-corrected chi connectivity index (χ3v) is 14.6. The topological polar surface area (TPSA) is 109 Å². The molecule has 0 amide bonds. The van der Waals surface area contributed by atoms with Gasteiger partial charge in [0.2, 0.25) is 0 Å². The highest BCUT2D eigenvalue weighted by Crippen LogP contribution is 2.68.